The van der Waals surface area contributed by atoms with Crippen LogP contribution in [0.1, 0.15) is 25.3 Å². The van der Waals surface area contributed by atoms with Crippen molar-refractivity contribution >= 4 is 12.0 Å². The number of amides is 1. The van der Waals surface area contributed by atoms with Gasteiger partial charge in [0.25, 0.3) is 5.91 Å². The van der Waals surface area contributed by atoms with E-state index < -0.39 is 5.91 Å². The molecule has 1 aliphatic heterocycles. The minimum Gasteiger partial charge on any atom is -0.504 e. The number of ether oxygens (including phenoxy) is 2. The van der Waals surface area contributed by atoms with Crippen LogP contribution < -0.4 is 10.1 Å². The summed E-state index contributed by atoms with van der Waals surface area (Å²) >= 11 is 0. The van der Waals surface area contributed by atoms with Gasteiger partial charge >= 0.3 is 0 Å². The van der Waals surface area contributed by atoms with Crippen LogP contribution in [0, 0.1) is 11.3 Å². The summed E-state index contributed by atoms with van der Waals surface area (Å²) in [6.45, 7) is 3.34. The van der Waals surface area contributed by atoms with E-state index in [9.17, 15) is 15.2 Å². The van der Waals surface area contributed by atoms with Gasteiger partial charge in [-0.2, -0.15) is 5.26 Å². The van der Waals surface area contributed by atoms with E-state index in [-0.39, 0.29) is 17.4 Å². The number of rotatable bonds is 6. The molecule has 1 saturated heterocycles. The zero-order valence-corrected chi connectivity index (χ0v) is 13.0. The second-order valence-electron chi connectivity index (χ2n) is 5.18. The summed E-state index contributed by atoms with van der Waals surface area (Å²) in [6.07, 6.45) is 3.40. The molecule has 23 heavy (non-hydrogen) atoms. The van der Waals surface area contributed by atoms with Gasteiger partial charge in [0.15, 0.2) is 11.5 Å². The first-order valence-electron chi connectivity index (χ1n) is 7.61. The van der Waals surface area contributed by atoms with Gasteiger partial charge in [-0.25, -0.2) is 0 Å². The van der Waals surface area contributed by atoms with Crippen LogP contribution in [0.2, 0.25) is 0 Å². The highest BCUT2D eigenvalue weighted by molar-refractivity contribution is 6.01. The lowest BCUT2D eigenvalue weighted by Gasteiger charge is -2.10. The number of nitrogens with zero attached hydrogens (tertiary/aromatic N) is 1. The van der Waals surface area contributed by atoms with Crippen molar-refractivity contribution < 1.29 is 19.4 Å². The molecule has 0 aromatic heterocycles. The Labute approximate surface area is 135 Å². The van der Waals surface area contributed by atoms with Gasteiger partial charge in [-0.1, -0.05) is 6.07 Å². The van der Waals surface area contributed by atoms with Gasteiger partial charge in [0.1, 0.15) is 11.6 Å². The van der Waals surface area contributed by atoms with Crippen molar-refractivity contribution in [2.45, 2.75) is 25.9 Å². The van der Waals surface area contributed by atoms with Gasteiger partial charge in [0.05, 0.1) is 12.7 Å². The summed E-state index contributed by atoms with van der Waals surface area (Å²) in [4.78, 5) is 12.1. The Bertz CT molecular complexity index is 628. The van der Waals surface area contributed by atoms with E-state index in [1.54, 1.807) is 19.1 Å². The zero-order chi connectivity index (χ0) is 16.7. The smallest absolute Gasteiger partial charge is 0.262 e. The Balaban J connectivity index is 2.06. The Morgan fingerprint density at radius 3 is 3.09 bits per heavy atom. The van der Waals surface area contributed by atoms with Crippen LogP contribution in [0.25, 0.3) is 6.08 Å². The minimum atomic E-state index is -0.436. The summed E-state index contributed by atoms with van der Waals surface area (Å²) in [6, 6.07) is 6.57. The third-order valence-corrected chi connectivity index (χ3v) is 3.47. The van der Waals surface area contributed by atoms with Crippen molar-refractivity contribution in [1.82, 2.24) is 5.32 Å². The van der Waals surface area contributed by atoms with E-state index in [2.05, 4.69) is 5.32 Å². The molecule has 6 heteroatoms. The predicted octanol–water partition coefficient (Wildman–Crippen LogP) is 1.99. The number of nitrogens with one attached hydrogen (secondary N) is 1. The Morgan fingerprint density at radius 2 is 2.43 bits per heavy atom. The first-order chi connectivity index (χ1) is 11.1. The highest BCUT2D eigenvalue weighted by Gasteiger charge is 2.17. The fourth-order valence-electron chi connectivity index (χ4n) is 2.31. The molecular formula is C17H20N2O4. The summed E-state index contributed by atoms with van der Waals surface area (Å²) in [5.41, 5.74) is 0.603. The predicted molar refractivity (Wildman–Crippen MR) is 84.8 cm³/mol. The maximum atomic E-state index is 12.1. The van der Waals surface area contributed by atoms with Crippen molar-refractivity contribution in [2.24, 2.45) is 0 Å². The molecule has 1 aromatic rings. The van der Waals surface area contributed by atoms with Gasteiger partial charge in [-0.15, -0.1) is 0 Å². The maximum absolute atomic E-state index is 12.1. The number of aromatic hydroxyl groups is 1. The highest BCUT2D eigenvalue weighted by atomic mass is 16.5. The van der Waals surface area contributed by atoms with E-state index in [0.29, 0.717) is 24.5 Å². The molecule has 2 N–H and O–H groups in total. The number of benzene rings is 1. The topological polar surface area (TPSA) is 91.6 Å². The second kappa shape index (κ2) is 8.20. The molecule has 1 atom stereocenters. The van der Waals surface area contributed by atoms with Crippen LogP contribution >= 0.6 is 0 Å². The number of hydrogen-bond donors (Lipinski definition) is 2. The lowest BCUT2D eigenvalue weighted by atomic mass is 10.1. The average molecular weight is 316 g/mol. The van der Waals surface area contributed by atoms with Gasteiger partial charge in [0.2, 0.25) is 0 Å². The number of carbonyl (C=O) groups excluding carboxylic acids is 1. The third-order valence-electron chi connectivity index (χ3n) is 3.47. The molecule has 1 amide bonds. The summed E-state index contributed by atoms with van der Waals surface area (Å²) in [5, 5.41) is 21.6. The second-order valence-corrected chi connectivity index (χ2v) is 5.18. The molecule has 0 unspecified atom stereocenters. The molecule has 122 valence electrons. The SMILES string of the molecule is CCOc1cc(/C=C(/C#N)C(=O)NC[C@H]2CCCO2)ccc1O. The van der Waals surface area contributed by atoms with Crippen LogP contribution in [-0.4, -0.2) is 36.9 Å². The summed E-state index contributed by atoms with van der Waals surface area (Å²) in [7, 11) is 0. The molecule has 0 saturated carbocycles. The molecular weight excluding hydrogens is 296 g/mol. The first-order valence-corrected chi connectivity index (χ1v) is 7.61. The highest BCUT2D eigenvalue weighted by Crippen LogP contribution is 2.27. The fraction of sp³-hybridized carbons (Fsp3) is 0.412. The van der Waals surface area contributed by atoms with E-state index in [1.807, 2.05) is 6.07 Å². The first kappa shape index (κ1) is 16.8. The van der Waals surface area contributed by atoms with Crippen molar-refractivity contribution in [2.75, 3.05) is 19.8 Å². The maximum Gasteiger partial charge on any atom is 0.262 e. The van der Waals surface area contributed by atoms with Crippen molar-refractivity contribution in [3.63, 3.8) is 0 Å². The van der Waals surface area contributed by atoms with Crippen LogP contribution in [0.3, 0.4) is 0 Å². The van der Waals surface area contributed by atoms with Crippen molar-refractivity contribution in [3.05, 3.63) is 29.3 Å². The zero-order valence-electron chi connectivity index (χ0n) is 13.0. The van der Waals surface area contributed by atoms with Crippen LogP contribution in [0.15, 0.2) is 23.8 Å². The Kier molecular flexibility index (Phi) is 6.01. The molecule has 2 rings (SSSR count). The molecule has 0 radical (unpaired) electrons. The third kappa shape index (κ3) is 4.73. The molecule has 0 aliphatic carbocycles. The Morgan fingerprint density at radius 1 is 1.61 bits per heavy atom. The summed E-state index contributed by atoms with van der Waals surface area (Å²) in [5.74, 6) is -0.0994. The quantitative estimate of drug-likeness (QED) is 0.618. The van der Waals surface area contributed by atoms with Gasteiger partial charge < -0.3 is 19.9 Å². The van der Waals surface area contributed by atoms with E-state index >= 15 is 0 Å². The summed E-state index contributed by atoms with van der Waals surface area (Å²) < 4.78 is 10.7. The van der Waals surface area contributed by atoms with E-state index in [4.69, 9.17) is 9.47 Å². The molecule has 0 spiro atoms. The van der Waals surface area contributed by atoms with Crippen LogP contribution in [-0.2, 0) is 9.53 Å². The van der Waals surface area contributed by atoms with Crippen molar-refractivity contribution in [3.8, 4) is 17.6 Å². The number of nitriles is 1. The fourth-order valence-corrected chi connectivity index (χ4v) is 2.31. The van der Waals surface area contributed by atoms with Crippen molar-refractivity contribution in [1.29, 1.82) is 5.26 Å². The lowest BCUT2D eigenvalue weighted by Crippen LogP contribution is -2.32. The number of phenols is 1. The molecule has 1 aromatic carbocycles. The molecule has 1 aliphatic rings. The van der Waals surface area contributed by atoms with Gasteiger partial charge in [-0.3, -0.25) is 4.79 Å². The molecule has 1 heterocycles. The molecule has 6 nitrogen and oxygen atoms in total. The van der Waals surface area contributed by atoms with Crippen LogP contribution in [0.4, 0.5) is 0 Å². The minimum absolute atomic E-state index is 0.00358. The lowest BCUT2D eigenvalue weighted by molar-refractivity contribution is -0.117. The largest absolute Gasteiger partial charge is 0.504 e. The van der Waals surface area contributed by atoms with E-state index in [1.165, 1.54) is 12.1 Å². The number of carbonyl (C=O) groups is 1. The van der Waals surface area contributed by atoms with Crippen LogP contribution in [0.5, 0.6) is 11.5 Å². The molecule has 1 fully saturated rings. The van der Waals surface area contributed by atoms with Gasteiger partial charge in [0, 0.05) is 13.2 Å². The standard InChI is InChI=1S/C17H20N2O4/c1-2-22-16-9-12(5-6-15(16)20)8-13(10-18)17(21)19-11-14-4-3-7-23-14/h5-6,8-9,14,20H,2-4,7,11H2,1H3,(H,19,21)/b13-8-/t14-/m1/s1. The number of hydrogen-bond acceptors (Lipinski definition) is 5. The normalized spacial score (nSPS) is 17.6. The number of phenolic OH excluding ortho intramolecular Hbond substituents is 1. The monoisotopic (exact) mass is 316 g/mol. The average Bonchev–Trinajstić information content (AvgIpc) is 3.07. The molecule has 0 bridgehead atoms. The van der Waals surface area contributed by atoms with Gasteiger partial charge in [-0.05, 0) is 43.5 Å². The Hall–Kier alpha value is -2.52. The van der Waals surface area contributed by atoms with E-state index in [0.717, 1.165) is 19.4 Å².